The van der Waals surface area contributed by atoms with E-state index in [2.05, 4.69) is 4.74 Å². The number of hydrogen-bond acceptors (Lipinski definition) is 8. The summed E-state index contributed by atoms with van der Waals surface area (Å²) in [5.41, 5.74) is 0. The Morgan fingerprint density at radius 3 is 2.44 bits per heavy atom. The van der Waals surface area contributed by atoms with Crippen LogP contribution in [0.25, 0.3) is 0 Å². The normalized spacial score (nSPS) is 38.7. The van der Waals surface area contributed by atoms with Gasteiger partial charge in [-0.25, -0.2) is 4.79 Å². The molecule has 8 heteroatoms. The molecule has 0 aliphatic carbocycles. The van der Waals surface area contributed by atoms with Crippen LogP contribution in [0.3, 0.4) is 0 Å². The highest BCUT2D eigenvalue weighted by atomic mass is 16.7. The Bertz CT molecular complexity index is 256. The average Bonchev–Trinajstić information content (AvgIpc) is 2.51. The maximum absolute atomic E-state index is 10.6. The maximum atomic E-state index is 10.6. The Morgan fingerprint density at radius 1 is 1.38 bits per heavy atom. The van der Waals surface area contributed by atoms with Crippen molar-refractivity contribution < 1.29 is 39.8 Å². The summed E-state index contributed by atoms with van der Waals surface area (Å²) in [7, 11) is 0. The summed E-state index contributed by atoms with van der Waals surface area (Å²) >= 11 is 0. The van der Waals surface area contributed by atoms with Gasteiger partial charge in [0.15, 0.2) is 0 Å². The molecule has 1 aliphatic heterocycles. The summed E-state index contributed by atoms with van der Waals surface area (Å²) in [6, 6.07) is 0. The van der Waals surface area contributed by atoms with Crippen LogP contribution in [-0.2, 0) is 14.3 Å². The molecule has 0 aromatic rings. The smallest absolute Gasteiger partial charge is 0.331 e. The summed E-state index contributed by atoms with van der Waals surface area (Å²) < 4.78 is 9.14. The maximum Gasteiger partial charge on any atom is 0.331 e. The summed E-state index contributed by atoms with van der Waals surface area (Å²) in [5, 5.41) is 45.5. The highest BCUT2D eigenvalue weighted by Gasteiger charge is 2.53. The molecule has 0 amide bonds. The van der Waals surface area contributed by atoms with Crippen LogP contribution in [-0.4, -0.2) is 75.4 Å². The van der Waals surface area contributed by atoms with Crippen LogP contribution >= 0.6 is 0 Å². The lowest BCUT2D eigenvalue weighted by Gasteiger charge is -2.25. The Balaban J connectivity index is 2.60. The van der Waals surface area contributed by atoms with Gasteiger partial charge >= 0.3 is 5.97 Å². The first-order valence-corrected chi connectivity index (χ1v) is 4.58. The third-order valence-corrected chi connectivity index (χ3v) is 2.27. The molecule has 0 aromatic heterocycles. The molecule has 1 saturated heterocycles. The van der Waals surface area contributed by atoms with Crippen molar-refractivity contribution in [2.75, 3.05) is 19.8 Å². The number of carbonyl (C=O) groups is 1. The van der Waals surface area contributed by atoms with E-state index < -0.39 is 49.9 Å². The lowest BCUT2D eigenvalue weighted by Crippen LogP contribution is -2.47. The zero-order valence-electron chi connectivity index (χ0n) is 8.31. The van der Waals surface area contributed by atoms with E-state index in [-0.39, 0.29) is 0 Å². The van der Waals surface area contributed by atoms with Crippen molar-refractivity contribution >= 4 is 5.97 Å². The number of carbonyl (C=O) groups excluding carboxylic acids is 1. The molecule has 4 atom stereocenters. The summed E-state index contributed by atoms with van der Waals surface area (Å²) in [6.07, 6.45) is -4.35. The van der Waals surface area contributed by atoms with E-state index in [4.69, 9.17) is 14.9 Å². The molecule has 0 radical (unpaired) electrons. The van der Waals surface area contributed by atoms with E-state index in [0.717, 1.165) is 0 Å². The second kappa shape index (κ2) is 5.04. The molecule has 1 heterocycles. The minimum absolute atomic E-state index is 0.603. The lowest BCUT2D eigenvalue weighted by molar-refractivity contribution is -0.253. The fraction of sp³-hybridized carbons (Fsp3) is 0.875. The number of esters is 1. The van der Waals surface area contributed by atoms with Gasteiger partial charge in [0.1, 0.15) is 31.5 Å². The van der Waals surface area contributed by atoms with Gasteiger partial charge in [-0.1, -0.05) is 0 Å². The van der Waals surface area contributed by atoms with Gasteiger partial charge in [-0.2, -0.15) is 0 Å². The first-order valence-electron chi connectivity index (χ1n) is 4.58. The molecule has 0 saturated carbocycles. The second-order valence-corrected chi connectivity index (χ2v) is 3.44. The number of rotatable bonds is 4. The lowest BCUT2D eigenvalue weighted by atomic mass is 10.1. The minimum atomic E-state index is -2.28. The Hall–Kier alpha value is -0.770. The quantitative estimate of drug-likeness (QED) is 0.316. The second-order valence-electron chi connectivity index (χ2n) is 3.44. The molecule has 0 aromatic carbocycles. The topological polar surface area (TPSA) is 137 Å². The van der Waals surface area contributed by atoms with E-state index in [0.29, 0.717) is 0 Å². The number of aliphatic hydroxyl groups is 5. The molecule has 0 bridgehead atoms. The van der Waals surface area contributed by atoms with Gasteiger partial charge < -0.3 is 35.0 Å². The molecule has 8 nitrogen and oxygen atoms in total. The van der Waals surface area contributed by atoms with E-state index >= 15 is 0 Å². The van der Waals surface area contributed by atoms with Crippen molar-refractivity contribution in [2.24, 2.45) is 0 Å². The van der Waals surface area contributed by atoms with Crippen LogP contribution in [0.15, 0.2) is 0 Å². The summed E-state index contributed by atoms with van der Waals surface area (Å²) in [4.78, 5) is 10.6. The van der Waals surface area contributed by atoms with Crippen LogP contribution in [0.1, 0.15) is 0 Å². The molecule has 1 aliphatic rings. The number of hydrogen-bond donors (Lipinski definition) is 5. The van der Waals surface area contributed by atoms with Crippen molar-refractivity contribution in [3.8, 4) is 0 Å². The molecule has 0 unspecified atom stereocenters. The average molecular weight is 238 g/mol. The van der Waals surface area contributed by atoms with Crippen molar-refractivity contribution in [2.45, 2.75) is 24.1 Å². The van der Waals surface area contributed by atoms with Crippen LogP contribution in [0, 0.1) is 0 Å². The SMILES string of the molecule is O=C(CO)OC[C@@]1(O)O[C@H](CO)[C@@H](O)[C@@H]1O. The number of aliphatic hydroxyl groups excluding tert-OH is 4. The third-order valence-electron chi connectivity index (χ3n) is 2.27. The molecule has 5 N–H and O–H groups in total. The van der Waals surface area contributed by atoms with E-state index in [1.165, 1.54) is 0 Å². The predicted octanol–water partition coefficient (Wildman–Crippen LogP) is -3.68. The van der Waals surface area contributed by atoms with Gasteiger partial charge in [0.2, 0.25) is 5.79 Å². The summed E-state index contributed by atoms with van der Waals surface area (Å²) in [5.74, 6) is -3.29. The van der Waals surface area contributed by atoms with Crippen LogP contribution in [0.2, 0.25) is 0 Å². The third kappa shape index (κ3) is 2.48. The van der Waals surface area contributed by atoms with Crippen molar-refractivity contribution in [3.05, 3.63) is 0 Å². The minimum Gasteiger partial charge on any atom is -0.458 e. The first kappa shape index (κ1) is 13.3. The van der Waals surface area contributed by atoms with Gasteiger partial charge in [-0.15, -0.1) is 0 Å². The molecule has 16 heavy (non-hydrogen) atoms. The predicted molar refractivity (Wildman–Crippen MR) is 47.0 cm³/mol. The monoisotopic (exact) mass is 238 g/mol. The number of ether oxygens (including phenoxy) is 2. The zero-order valence-corrected chi connectivity index (χ0v) is 8.31. The van der Waals surface area contributed by atoms with Gasteiger partial charge in [0.05, 0.1) is 6.61 Å². The first-order chi connectivity index (χ1) is 7.44. The molecule has 94 valence electrons. The van der Waals surface area contributed by atoms with Crippen molar-refractivity contribution in [3.63, 3.8) is 0 Å². The van der Waals surface area contributed by atoms with Crippen molar-refractivity contribution in [1.29, 1.82) is 0 Å². The Kier molecular flexibility index (Phi) is 4.19. The fourth-order valence-corrected chi connectivity index (χ4v) is 1.37. The highest BCUT2D eigenvalue weighted by Crippen LogP contribution is 2.29. The Morgan fingerprint density at radius 2 is 2.00 bits per heavy atom. The van der Waals surface area contributed by atoms with Crippen LogP contribution in [0.5, 0.6) is 0 Å². The van der Waals surface area contributed by atoms with Gasteiger partial charge in [0.25, 0.3) is 0 Å². The van der Waals surface area contributed by atoms with Gasteiger partial charge in [-0.05, 0) is 0 Å². The molecule has 0 spiro atoms. The van der Waals surface area contributed by atoms with Gasteiger partial charge in [0, 0.05) is 0 Å². The van der Waals surface area contributed by atoms with Crippen molar-refractivity contribution in [1.82, 2.24) is 0 Å². The summed E-state index contributed by atoms with van der Waals surface area (Å²) in [6.45, 7) is -2.23. The molecular formula is C8H14O8. The van der Waals surface area contributed by atoms with E-state index in [9.17, 15) is 20.1 Å². The van der Waals surface area contributed by atoms with E-state index in [1.807, 2.05) is 0 Å². The van der Waals surface area contributed by atoms with E-state index in [1.54, 1.807) is 0 Å². The van der Waals surface area contributed by atoms with Gasteiger partial charge in [-0.3, -0.25) is 0 Å². The molecular weight excluding hydrogens is 224 g/mol. The Labute approximate surface area is 90.6 Å². The fourth-order valence-electron chi connectivity index (χ4n) is 1.37. The van der Waals surface area contributed by atoms with Crippen LogP contribution < -0.4 is 0 Å². The molecule has 1 rings (SSSR count). The largest absolute Gasteiger partial charge is 0.458 e. The zero-order chi connectivity index (χ0) is 12.3. The standard InChI is InChI=1S/C8H14O8/c9-1-4-6(12)7(13)8(14,16-4)3-15-5(11)2-10/h4,6-7,9-10,12-14H,1-3H2/t4-,6-,7+,8-/m1/s1. The molecule has 1 fully saturated rings. The highest BCUT2D eigenvalue weighted by molar-refractivity contribution is 5.70. The van der Waals surface area contributed by atoms with Crippen LogP contribution in [0.4, 0.5) is 0 Å².